The van der Waals surface area contributed by atoms with E-state index in [2.05, 4.69) is 26.1 Å². The molecule has 0 fully saturated rings. The van der Waals surface area contributed by atoms with Crippen molar-refractivity contribution >= 4 is 0 Å². The predicted molar refractivity (Wildman–Crippen MR) is 78.1 cm³/mol. The Morgan fingerprint density at radius 1 is 1.32 bits per heavy atom. The SMILES string of the molecule is CCNC(C)c1ccc(OCCC(C)(C)C)c(F)c1. The summed E-state index contributed by atoms with van der Waals surface area (Å²) in [5.74, 6) is 0.0628. The summed E-state index contributed by atoms with van der Waals surface area (Å²) in [6, 6.07) is 5.35. The third-order valence-electron chi connectivity index (χ3n) is 3.08. The van der Waals surface area contributed by atoms with Crippen molar-refractivity contribution in [2.75, 3.05) is 13.2 Å². The lowest BCUT2D eigenvalue weighted by Gasteiger charge is -2.19. The molecule has 1 aromatic rings. The Morgan fingerprint density at radius 3 is 2.53 bits per heavy atom. The fraction of sp³-hybridized carbons (Fsp3) is 0.625. The highest BCUT2D eigenvalue weighted by molar-refractivity contribution is 5.30. The zero-order valence-corrected chi connectivity index (χ0v) is 12.7. The largest absolute Gasteiger partial charge is 0.490 e. The quantitative estimate of drug-likeness (QED) is 0.829. The van der Waals surface area contributed by atoms with Crippen LogP contribution in [0.1, 0.15) is 52.6 Å². The molecule has 19 heavy (non-hydrogen) atoms. The Morgan fingerprint density at radius 2 is 2.00 bits per heavy atom. The number of hydrogen-bond donors (Lipinski definition) is 1. The van der Waals surface area contributed by atoms with Gasteiger partial charge in [0, 0.05) is 6.04 Å². The third-order valence-corrected chi connectivity index (χ3v) is 3.08. The molecule has 1 unspecified atom stereocenters. The van der Waals surface area contributed by atoms with Gasteiger partial charge in [0.15, 0.2) is 11.6 Å². The van der Waals surface area contributed by atoms with Crippen LogP contribution in [0, 0.1) is 11.2 Å². The highest BCUT2D eigenvalue weighted by Crippen LogP contribution is 2.24. The molecule has 108 valence electrons. The summed E-state index contributed by atoms with van der Waals surface area (Å²) in [5, 5.41) is 3.26. The van der Waals surface area contributed by atoms with E-state index >= 15 is 0 Å². The first-order chi connectivity index (χ1) is 8.83. The normalized spacial score (nSPS) is 13.4. The lowest BCUT2D eigenvalue weighted by molar-refractivity contribution is 0.235. The summed E-state index contributed by atoms with van der Waals surface area (Å²) in [6.07, 6.45) is 0.905. The predicted octanol–water partition coefficient (Wildman–Crippen LogP) is 4.31. The Bertz CT molecular complexity index is 398. The lowest BCUT2D eigenvalue weighted by Crippen LogP contribution is -2.18. The van der Waals surface area contributed by atoms with Crippen molar-refractivity contribution in [3.63, 3.8) is 0 Å². The van der Waals surface area contributed by atoms with Crippen LogP contribution < -0.4 is 10.1 Å². The number of nitrogens with one attached hydrogen (secondary N) is 1. The molecule has 0 radical (unpaired) electrons. The first-order valence-corrected chi connectivity index (χ1v) is 6.99. The first kappa shape index (κ1) is 16.0. The molecule has 0 aliphatic rings. The van der Waals surface area contributed by atoms with E-state index < -0.39 is 0 Å². The van der Waals surface area contributed by atoms with Crippen LogP contribution in [0.2, 0.25) is 0 Å². The van der Waals surface area contributed by atoms with Crippen LogP contribution in [0.3, 0.4) is 0 Å². The van der Waals surface area contributed by atoms with Gasteiger partial charge in [-0.1, -0.05) is 33.8 Å². The molecular formula is C16H26FNO. The Labute approximate surface area is 116 Å². The van der Waals surface area contributed by atoms with E-state index in [1.165, 1.54) is 0 Å². The number of benzene rings is 1. The number of hydrogen-bond acceptors (Lipinski definition) is 2. The summed E-state index contributed by atoms with van der Waals surface area (Å²) in [5.41, 5.74) is 1.15. The molecule has 0 aromatic heterocycles. The van der Waals surface area contributed by atoms with Gasteiger partial charge in [-0.3, -0.25) is 0 Å². The minimum Gasteiger partial charge on any atom is -0.490 e. The van der Waals surface area contributed by atoms with Crippen molar-refractivity contribution in [2.24, 2.45) is 5.41 Å². The first-order valence-electron chi connectivity index (χ1n) is 6.99. The van der Waals surface area contributed by atoms with Gasteiger partial charge < -0.3 is 10.1 Å². The molecule has 0 saturated heterocycles. The van der Waals surface area contributed by atoms with Gasteiger partial charge >= 0.3 is 0 Å². The second kappa shape index (κ2) is 6.90. The van der Waals surface area contributed by atoms with Crippen molar-refractivity contribution in [1.82, 2.24) is 5.32 Å². The maximum Gasteiger partial charge on any atom is 0.165 e. The molecular weight excluding hydrogens is 241 g/mol. The molecule has 0 aliphatic carbocycles. The van der Waals surface area contributed by atoms with E-state index in [-0.39, 0.29) is 17.3 Å². The monoisotopic (exact) mass is 267 g/mol. The van der Waals surface area contributed by atoms with E-state index in [0.717, 1.165) is 18.5 Å². The zero-order chi connectivity index (χ0) is 14.5. The molecule has 0 spiro atoms. The van der Waals surface area contributed by atoms with Gasteiger partial charge in [-0.05, 0) is 43.0 Å². The maximum absolute atomic E-state index is 13.9. The summed E-state index contributed by atoms with van der Waals surface area (Å²) < 4.78 is 19.4. The topological polar surface area (TPSA) is 21.3 Å². The molecule has 0 heterocycles. The van der Waals surface area contributed by atoms with Crippen molar-refractivity contribution < 1.29 is 9.13 Å². The zero-order valence-electron chi connectivity index (χ0n) is 12.7. The van der Waals surface area contributed by atoms with Crippen molar-refractivity contribution in [3.8, 4) is 5.75 Å². The van der Waals surface area contributed by atoms with Crippen molar-refractivity contribution in [1.29, 1.82) is 0 Å². The molecule has 0 bridgehead atoms. The highest BCUT2D eigenvalue weighted by Gasteiger charge is 2.12. The average molecular weight is 267 g/mol. The minimum atomic E-state index is -0.281. The van der Waals surface area contributed by atoms with Crippen LogP contribution in [0.5, 0.6) is 5.75 Å². The van der Waals surface area contributed by atoms with Crippen LogP contribution in [-0.2, 0) is 0 Å². The smallest absolute Gasteiger partial charge is 0.165 e. The van der Waals surface area contributed by atoms with Crippen LogP contribution in [0.15, 0.2) is 18.2 Å². The number of halogens is 1. The summed E-state index contributed by atoms with van der Waals surface area (Å²) in [7, 11) is 0. The summed E-state index contributed by atoms with van der Waals surface area (Å²) in [4.78, 5) is 0. The second-order valence-corrected chi connectivity index (χ2v) is 6.13. The van der Waals surface area contributed by atoms with Crippen molar-refractivity contribution in [2.45, 2.75) is 47.1 Å². The Kier molecular flexibility index (Phi) is 5.80. The van der Waals surface area contributed by atoms with E-state index in [4.69, 9.17) is 4.74 Å². The van der Waals surface area contributed by atoms with Gasteiger partial charge in [0.25, 0.3) is 0 Å². The van der Waals surface area contributed by atoms with E-state index in [1.807, 2.05) is 19.9 Å². The average Bonchev–Trinajstić information content (AvgIpc) is 2.30. The lowest BCUT2D eigenvalue weighted by atomic mass is 9.93. The number of rotatable bonds is 6. The summed E-state index contributed by atoms with van der Waals surface area (Å²) in [6.45, 7) is 11.9. The molecule has 2 nitrogen and oxygen atoms in total. The molecule has 0 aliphatic heterocycles. The molecule has 1 N–H and O–H groups in total. The van der Waals surface area contributed by atoms with Crippen LogP contribution in [0.4, 0.5) is 4.39 Å². The Hall–Kier alpha value is -1.09. The van der Waals surface area contributed by atoms with Gasteiger partial charge in [0.05, 0.1) is 6.61 Å². The van der Waals surface area contributed by atoms with Gasteiger partial charge in [-0.15, -0.1) is 0 Å². The maximum atomic E-state index is 13.9. The van der Waals surface area contributed by atoms with Crippen molar-refractivity contribution in [3.05, 3.63) is 29.6 Å². The highest BCUT2D eigenvalue weighted by atomic mass is 19.1. The fourth-order valence-electron chi connectivity index (χ4n) is 1.79. The number of ether oxygens (including phenoxy) is 1. The van der Waals surface area contributed by atoms with Crippen LogP contribution in [0.25, 0.3) is 0 Å². The standard InChI is InChI=1S/C16H26FNO/c1-6-18-12(2)13-7-8-15(14(17)11-13)19-10-9-16(3,4)5/h7-8,11-12,18H,6,9-10H2,1-5H3. The second-order valence-electron chi connectivity index (χ2n) is 6.13. The molecule has 3 heteroatoms. The third kappa shape index (κ3) is 5.60. The van der Waals surface area contributed by atoms with Gasteiger partial charge in [0.1, 0.15) is 0 Å². The van der Waals surface area contributed by atoms with E-state index in [0.29, 0.717) is 12.4 Å². The van der Waals surface area contributed by atoms with Crippen LogP contribution >= 0.6 is 0 Å². The summed E-state index contributed by atoms with van der Waals surface area (Å²) >= 11 is 0. The molecule has 0 amide bonds. The molecule has 0 saturated carbocycles. The van der Waals surface area contributed by atoms with E-state index in [9.17, 15) is 4.39 Å². The molecule has 1 atom stereocenters. The van der Waals surface area contributed by atoms with E-state index in [1.54, 1.807) is 12.1 Å². The van der Waals surface area contributed by atoms with Crippen LogP contribution in [-0.4, -0.2) is 13.2 Å². The molecule has 1 rings (SSSR count). The minimum absolute atomic E-state index is 0.156. The Balaban J connectivity index is 2.62. The van der Waals surface area contributed by atoms with Gasteiger partial charge in [0.2, 0.25) is 0 Å². The fourth-order valence-corrected chi connectivity index (χ4v) is 1.79. The van der Waals surface area contributed by atoms with Gasteiger partial charge in [-0.25, -0.2) is 4.39 Å². The van der Waals surface area contributed by atoms with Gasteiger partial charge in [-0.2, -0.15) is 0 Å². The molecule has 1 aromatic carbocycles.